The molecule has 2 heterocycles. The Labute approximate surface area is 360 Å². The molecule has 0 N–H and O–H groups in total. The van der Waals surface area contributed by atoms with Crippen molar-refractivity contribution in [2.24, 2.45) is 0 Å². The molecule has 1 aliphatic carbocycles. The first-order valence-electron chi connectivity index (χ1n) is 19.5. The van der Waals surface area contributed by atoms with Gasteiger partial charge in [0.05, 0.1) is 11.1 Å². The Balaban J connectivity index is 1.17. The molecule has 0 atom stereocenters. The topological polar surface area (TPSA) is 6.25 Å². The molecule has 4 aromatic rings. The maximum absolute atomic E-state index is 7.28. The van der Waals surface area contributed by atoms with Crippen molar-refractivity contribution in [1.82, 2.24) is 0 Å². The highest BCUT2D eigenvalue weighted by Gasteiger charge is 2.44. The third kappa shape index (κ3) is 8.12. The molecule has 0 radical (unpaired) electrons. The molecule has 0 unspecified atom stereocenters. The van der Waals surface area contributed by atoms with Gasteiger partial charge < -0.3 is 0 Å². The second-order valence-corrected chi connectivity index (χ2v) is 15.7. The Morgan fingerprint density at radius 2 is 1.17 bits per heavy atom. The van der Waals surface area contributed by atoms with E-state index in [1.165, 1.54) is 44.1 Å². The van der Waals surface area contributed by atoms with Crippen molar-refractivity contribution < 1.29 is 4.58 Å². The second kappa shape index (κ2) is 17.7. The smallest absolute Gasteiger partial charge is 0.210 e. The van der Waals surface area contributed by atoms with Crippen molar-refractivity contribution in [3.8, 4) is 107 Å². The number of nitrogens with zero attached hydrogens (tertiary/aromatic N) is 2. The van der Waals surface area contributed by atoms with Gasteiger partial charge in [0, 0.05) is 87.3 Å². The van der Waals surface area contributed by atoms with Gasteiger partial charge in [-0.25, -0.2) is 0 Å². The number of benzene rings is 4. The molecular weight excluding hydrogens is 748 g/mol. The van der Waals surface area contributed by atoms with Crippen molar-refractivity contribution in [3.63, 3.8) is 0 Å². The van der Waals surface area contributed by atoms with Gasteiger partial charge in [-0.05, 0) is 137 Å². The van der Waals surface area contributed by atoms with E-state index in [1.54, 1.807) is 0 Å². The lowest BCUT2D eigenvalue weighted by molar-refractivity contribution is -0.401. The standard InChI is InChI=1S/C57H38ClN2/c1-7-8-9-10-11-12-13-14-15-16-17-18-19-20-21-26-42-60-50-39-35-44-29-23-25-33-48(44)54(50)57(4,5)52(60)41-37-46-31-27-30-45(55(46)58)36-40-51-56(2,3)53-47-32-24-22-28-43(47)34-38-49(53)59(51)6/h1,22-25,28-29,32-41H,27,30-31H2,2-6H3/q+1. The van der Waals surface area contributed by atoms with Crippen molar-refractivity contribution in [1.29, 1.82) is 0 Å². The van der Waals surface area contributed by atoms with E-state index in [9.17, 15) is 0 Å². The van der Waals surface area contributed by atoms with Gasteiger partial charge in [0.2, 0.25) is 5.69 Å². The van der Waals surface area contributed by atoms with Crippen molar-refractivity contribution >= 4 is 50.2 Å². The summed E-state index contributed by atoms with van der Waals surface area (Å²) in [5.74, 6) is 41.7. The summed E-state index contributed by atoms with van der Waals surface area (Å²) in [6.45, 7) is 9.14. The van der Waals surface area contributed by atoms with E-state index in [1.807, 2.05) is 0 Å². The molecule has 2 nitrogen and oxygen atoms in total. The zero-order valence-corrected chi connectivity index (χ0v) is 35.0. The minimum Gasteiger partial charge on any atom is -0.272 e. The lowest BCUT2D eigenvalue weighted by Gasteiger charge is -2.24. The van der Waals surface area contributed by atoms with Gasteiger partial charge in [-0.2, -0.15) is 4.58 Å². The summed E-state index contributed by atoms with van der Waals surface area (Å²) in [6.07, 6.45) is 16.7. The van der Waals surface area contributed by atoms with Crippen LogP contribution in [-0.4, -0.2) is 17.3 Å². The van der Waals surface area contributed by atoms with E-state index in [0.29, 0.717) is 0 Å². The summed E-state index contributed by atoms with van der Waals surface area (Å²) < 4.78 is 2.33. The predicted octanol–water partition coefficient (Wildman–Crippen LogP) is 10.5. The average Bonchev–Trinajstić information content (AvgIpc) is 3.59. The Morgan fingerprint density at radius 1 is 0.617 bits per heavy atom. The van der Waals surface area contributed by atoms with Crippen LogP contribution in [0.3, 0.4) is 0 Å². The van der Waals surface area contributed by atoms with E-state index >= 15 is 0 Å². The Kier molecular flexibility index (Phi) is 11.9. The van der Waals surface area contributed by atoms with Crippen LogP contribution in [-0.2, 0) is 10.8 Å². The highest BCUT2D eigenvalue weighted by atomic mass is 35.5. The van der Waals surface area contributed by atoms with Crippen molar-refractivity contribution in [3.05, 3.63) is 130 Å². The van der Waals surface area contributed by atoms with Crippen LogP contribution in [0.2, 0.25) is 0 Å². The van der Waals surface area contributed by atoms with Crippen LogP contribution in [0.1, 0.15) is 58.1 Å². The molecule has 282 valence electrons. The molecule has 4 aromatic carbocycles. The van der Waals surface area contributed by atoms with Crippen LogP contribution < -0.4 is 4.90 Å². The number of hydrogen-bond donors (Lipinski definition) is 0. The molecule has 7 rings (SSSR count). The largest absolute Gasteiger partial charge is 0.272 e. The minimum absolute atomic E-state index is 0.170. The molecule has 3 aliphatic rings. The maximum Gasteiger partial charge on any atom is 0.210 e. The monoisotopic (exact) mass is 785 g/mol. The fourth-order valence-electron chi connectivity index (χ4n) is 8.33. The number of rotatable bonds is 3. The van der Waals surface area contributed by atoms with E-state index in [-0.39, 0.29) is 10.8 Å². The third-order valence-corrected chi connectivity index (χ3v) is 11.5. The van der Waals surface area contributed by atoms with Gasteiger partial charge in [-0.3, -0.25) is 4.90 Å². The SMILES string of the molecule is C#CC#CC#CC#CC#CC#CC#CC#CC#CN1C(=CC=C2CCCC(C=CC3=[N+](C)c4ccc5ccccc5c4C3(C)C)=C2Cl)C(C)(C)c2c1ccc1ccccc21. The number of hydrogen-bond acceptors (Lipinski definition) is 1. The van der Waals surface area contributed by atoms with Crippen molar-refractivity contribution in [2.45, 2.75) is 57.8 Å². The lowest BCUT2D eigenvalue weighted by Crippen LogP contribution is -2.27. The van der Waals surface area contributed by atoms with Crippen LogP contribution in [0.5, 0.6) is 0 Å². The molecule has 2 aliphatic heterocycles. The molecular formula is C57H38ClN2+. The highest BCUT2D eigenvalue weighted by Crippen LogP contribution is 2.51. The van der Waals surface area contributed by atoms with Crippen molar-refractivity contribution in [2.75, 3.05) is 11.9 Å². The zero-order valence-electron chi connectivity index (χ0n) is 34.2. The zero-order chi connectivity index (χ0) is 42.1. The quantitative estimate of drug-likeness (QED) is 0.148. The Morgan fingerprint density at radius 3 is 1.78 bits per heavy atom. The number of anilines is 1. The van der Waals surface area contributed by atoms with Crippen LogP contribution in [0, 0.1) is 107 Å². The van der Waals surface area contributed by atoms with Crippen LogP contribution in [0.4, 0.5) is 11.4 Å². The van der Waals surface area contributed by atoms with Gasteiger partial charge in [0.15, 0.2) is 5.71 Å². The van der Waals surface area contributed by atoms with E-state index in [2.05, 4.69) is 242 Å². The first-order chi connectivity index (χ1) is 29.1. The molecule has 0 aromatic heterocycles. The second-order valence-electron chi connectivity index (χ2n) is 15.3. The Bertz CT molecular complexity index is 3250. The summed E-state index contributed by atoms with van der Waals surface area (Å²) in [7, 11) is 2.17. The van der Waals surface area contributed by atoms with E-state index in [0.717, 1.165) is 46.8 Å². The molecule has 0 fully saturated rings. The summed E-state index contributed by atoms with van der Waals surface area (Å²) in [5, 5.41) is 5.76. The lowest BCUT2D eigenvalue weighted by atomic mass is 9.79. The van der Waals surface area contributed by atoms with Gasteiger partial charge in [-0.1, -0.05) is 92.2 Å². The molecule has 60 heavy (non-hydrogen) atoms. The molecule has 0 bridgehead atoms. The fraction of sp³-hybridized carbons (Fsp3) is 0.175. The van der Waals surface area contributed by atoms with Gasteiger partial charge in [-0.15, -0.1) is 6.42 Å². The first-order valence-corrected chi connectivity index (χ1v) is 19.9. The number of halogens is 1. The summed E-state index contributed by atoms with van der Waals surface area (Å²) in [4.78, 5) is 2.06. The molecule has 0 saturated carbocycles. The predicted molar refractivity (Wildman–Crippen MR) is 250 cm³/mol. The highest BCUT2D eigenvalue weighted by molar-refractivity contribution is 6.32. The van der Waals surface area contributed by atoms with Gasteiger partial charge in [0.25, 0.3) is 0 Å². The number of allylic oxidation sites excluding steroid dienone is 8. The maximum atomic E-state index is 7.28. The molecule has 0 saturated heterocycles. The van der Waals surface area contributed by atoms with Crippen LogP contribution >= 0.6 is 11.6 Å². The van der Waals surface area contributed by atoms with Crippen LogP contribution in [0.25, 0.3) is 21.5 Å². The van der Waals surface area contributed by atoms with E-state index in [4.69, 9.17) is 18.0 Å². The molecule has 0 spiro atoms. The summed E-state index contributed by atoms with van der Waals surface area (Å²) in [5.41, 5.74) is 8.90. The first kappa shape index (κ1) is 40.4. The number of fused-ring (bicyclic) bond motifs is 6. The molecule has 3 heteroatoms. The summed E-state index contributed by atoms with van der Waals surface area (Å²) in [6, 6.07) is 29.2. The average molecular weight is 786 g/mol. The van der Waals surface area contributed by atoms with Gasteiger partial charge in [0.1, 0.15) is 7.05 Å². The Hall–Kier alpha value is -7.84. The summed E-state index contributed by atoms with van der Waals surface area (Å²) >= 11 is 7.28. The third-order valence-electron chi connectivity index (χ3n) is 11.0. The normalized spacial score (nSPS) is 16.3. The van der Waals surface area contributed by atoms with Crippen LogP contribution in [0.15, 0.2) is 119 Å². The fourth-order valence-corrected chi connectivity index (χ4v) is 8.65. The number of terminal acetylenes is 1. The minimum atomic E-state index is -0.360. The van der Waals surface area contributed by atoms with Gasteiger partial charge >= 0.3 is 0 Å². The van der Waals surface area contributed by atoms with E-state index < -0.39 is 0 Å². The molecule has 0 amide bonds.